The van der Waals surface area contributed by atoms with Gasteiger partial charge in [0.25, 0.3) is 5.56 Å². The number of carbonyl (C=O) groups is 1. The Morgan fingerprint density at radius 2 is 1.73 bits per heavy atom. The molecule has 0 spiro atoms. The second-order valence-corrected chi connectivity index (χ2v) is 10.6. The summed E-state index contributed by atoms with van der Waals surface area (Å²) >= 11 is 7.77. The second kappa shape index (κ2) is 13.3. The van der Waals surface area contributed by atoms with Crippen LogP contribution in [0.1, 0.15) is 51.8 Å². The maximum Gasteiger partial charge on any atom is 0.337 e. The van der Waals surface area contributed by atoms with Crippen molar-refractivity contribution in [2.45, 2.75) is 46.8 Å². The number of nitrogens with zero attached hydrogens (tertiary/aromatic N) is 2. The fourth-order valence-electron chi connectivity index (χ4n) is 4.42. The van der Waals surface area contributed by atoms with Gasteiger partial charge < -0.3 is 23.7 Å². The van der Waals surface area contributed by atoms with Crippen molar-refractivity contribution in [1.82, 2.24) is 4.57 Å². The Kier molecular flexibility index (Phi) is 9.77. The summed E-state index contributed by atoms with van der Waals surface area (Å²) < 4.78 is 30.1. The van der Waals surface area contributed by atoms with Gasteiger partial charge in [0.15, 0.2) is 27.8 Å². The first-order chi connectivity index (χ1) is 19.7. The molecule has 218 valence electrons. The highest BCUT2D eigenvalue weighted by Gasteiger charge is 2.31. The highest BCUT2D eigenvalue weighted by atomic mass is 35.5. The Hall–Kier alpha value is -3.76. The number of thiazole rings is 1. The highest BCUT2D eigenvalue weighted by Crippen LogP contribution is 2.38. The van der Waals surface area contributed by atoms with Gasteiger partial charge in [-0.3, -0.25) is 9.36 Å². The molecule has 1 aromatic heterocycles. The van der Waals surface area contributed by atoms with E-state index >= 15 is 0 Å². The van der Waals surface area contributed by atoms with E-state index in [0.29, 0.717) is 68.3 Å². The van der Waals surface area contributed by atoms with E-state index in [1.807, 2.05) is 34.6 Å². The minimum atomic E-state index is -0.792. The van der Waals surface area contributed by atoms with Crippen LogP contribution in [0.4, 0.5) is 0 Å². The van der Waals surface area contributed by atoms with Crippen molar-refractivity contribution in [2.75, 3.05) is 26.9 Å². The molecular formula is C30H33ClN2O7S. The van der Waals surface area contributed by atoms with Gasteiger partial charge in [-0.1, -0.05) is 29.0 Å². The van der Waals surface area contributed by atoms with Crippen molar-refractivity contribution < 1.29 is 28.5 Å². The Labute approximate surface area is 247 Å². The summed E-state index contributed by atoms with van der Waals surface area (Å²) in [6.07, 6.45) is 3.07. The van der Waals surface area contributed by atoms with Crippen LogP contribution in [0.3, 0.4) is 0 Å². The average Bonchev–Trinajstić information content (AvgIpc) is 3.25. The van der Waals surface area contributed by atoms with Crippen LogP contribution in [-0.4, -0.2) is 43.6 Å². The molecule has 0 N–H and O–H groups in total. The lowest BCUT2D eigenvalue weighted by Crippen LogP contribution is -2.39. The second-order valence-electron chi connectivity index (χ2n) is 9.18. The maximum atomic E-state index is 13.9. The first-order valence-electron chi connectivity index (χ1n) is 13.3. The van der Waals surface area contributed by atoms with Crippen molar-refractivity contribution in [3.8, 4) is 23.0 Å². The van der Waals surface area contributed by atoms with Crippen LogP contribution in [-0.2, 0) is 9.53 Å². The van der Waals surface area contributed by atoms with Crippen LogP contribution in [0.5, 0.6) is 23.0 Å². The van der Waals surface area contributed by atoms with Gasteiger partial charge in [-0.05, 0) is 76.1 Å². The zero-order chi connectivity index (χ0) is 29.7. The monoisotopic (exact) mass is 600 g/mol. The Balaban J connectivity index is 1.88. The molecule has 1 aliphatic heterocycles. The van der Waals surface area contributed by atoms with Gasteiger partial charge >= 0.3 is 5.97 Å². The number of carbonyl (C=O) groups excluding carboxylic acids is 1. The number of ether oxygens (including phenoxy) is 5. The van der Waals surface area contributed by atoms with Gasteiger partial charge in [0.2, 0.25) is 0 Å². The Morgan fingerprint density at radius 1 is 1.05 bits per heavy atom. The zero-order valence-electron chi connectivity index (χ0n) is 23.9. The number of aromatic nitrogens is 1. The number of halogens is 1. The van der Waals surface area contributed by atoms with E-state index in [9.17, 15) is 9.59 Å². The standard InChI is InChI=1S/C30H33ClN2O7S/c1-7-37-22-11-10-19(15-23(22)38-8-2)26-20(29(35)36-6)16-32-30-33(26)28(34)25(41-30)14-18-12-21(31)27(40-17(4)5)24(13-18)39-9-3/h10-17,26H,7-9H2,1-6H3/b25-14+/t26-/m1/s1. The SMILES string of the molecule is CCOc1ccc([C@@H]2C(C(=O)OC)=CN=c3s/c(=C/c4cc(Cl)c(OC(C)C)c(OCC)c4)c(=O)n32)cc1OCC. The van der Waals surface area contributed by atoms with E-state index in [0.717, 1.165) is 0 Å². The number of fused-ring (bicyclic) bond motifs is 1. The van der Waals surface area contributed by atoms with E-state index < -0.39 is 12.0 Å². The Morgan fingerprint density at radius 3 is 2.39 bits per heavy atom. The lowest BCUT2D eigenvalue weighted by Gasteiger charge is -2.23. The molecule has 11 heteroatoms. The largest absolute Gasteiger partial charge is 0.490 e. The van der Waals surface area contributed by atoms with Crippen molar-refractivity contribution in [3.63, 3.8) is 0 Å². The minimum Gasteiger partial charge on any atom is -0.490 e. The first kappa shape index (κ1) is 30.2. The zero-order valence-corrected chi connectivity index (χ0v) is 25.4. The molecule has 0 fully saturated rings. The molecule has 1 aliphatic rings. The number of hydrogen-bond acceptors (Lipinski definition) is 9. The molecule has 9 nitrogen and oxygen atoms in total. The molecule has 2 aromatic carbocycles. The number of rotatable bonds is 11. The van der Waals surface area contributed by atoms with Gasteiger partial charge in [0.05, 0.1) is 54.2 Å². The van der Waals surface area contributed by atoms with Crippen LogP contribution >= 0.6 is 22.9 Å². The number of hydrogen-bond donors (Lipinski definition) is 0. The summed E-state index contributed by atoms with van der Waals surface area (Å²) in [6, 6.07) is 8.06. The van der Waals surface area contributed by atoms with Crippen LogP contribution in [0, 0.1) is 0 Å². The molecule has 4 rings (SSSR count). The molecule has 0 bridgehead atoms. The van der Waals surface area contributed by atoms with E-state index in [1.54, 1.807) is 36.4 Å². The maximum absolute atomic E-state index is 13.9. The summed E-state index contributed by atoms with van der Waals surface area (Å²) in [6.45, 7) is 10.7. The molecule has 41 heavy (non-hydrogen) atoms. The van der Waals surface area contributed by atoms with Crippen molar-refractivity contribution in [3.05, 3.63) is 77.9 Å². The van der Waals surface area contributed by atoms with E-state index in [1.165, 1.54) is 29.2 Å². The van der Waals surface area contributed by atoms with Crippen LogP contribution in [0.15, 0.2) is 51.9 Å². The fourth-order valence-corrected chi connectivity index (χ4v) is 5.66. The van der Waals surface area contributed by atoms with Crippen LogP contribution in [0.25, 0.3) is 6.08 Å². The fraction of sp³-hybridized carbons (Fsp3) is 0.367. The summed E-state index contributed by atoms with van der Waals surface area (Å²) in [4.78, 5) is 31.6. The number of methoxy groups -OCH3 is 1. The summed E-state index contributed by atoms with van der Waals surface area (Å²) in [7, 11) is 1.29. The number of benzene rings is 2. The topological polar surface area (TPSA) is 97.6 Å². The third-order valence-corrected chi connectivity index (χ3v) is 7.27. The van der Waals surface area contributed by atoms with Gasteiger partial charge in [-0.15, -0.1) is 0 Å². The Bertz CT molecular complexity index is 1640. The van der Waals surface area contributed by atoms with Crippen molar-refractivity contribution >= 4 is 35.0 Å². The van der Waals surface area contributed by atoms with Crippen LogP contribution in [0.2, 0.25) is 5.02 Å². The predicted molar refractivity (Wildman–Crippen MR) is 158 cm³/mol. The molecule has 0 radical (unpaired) electrons. The first-order valence-corrected chi connectivity index (χ1v) is 14.5. The molecule has 0 unspecified atom stereocenters. The third-order valence-electron chi connectivity index (χ3n) is 5.99. The lowest BCUT2D eigenvalue weighted by atomic mass is 9.97. The van der Waals surface area contributed by atoms with Gasteiger partial charge in [-0.25, -0.2) is 9.79 Å². The minimum absolute atomic E-state index is 0.101. The molecule has 1 atom stereocenters. The predicted octanol–water partition coefficient (Wildman–Crippen LogP) is 4.65. The molecular weight excluding hydrogens is 568 g/mol. The molecule has 0 saturated carbocycles. The third kappa shape index (κ3) is 6.44. The average molecular weight is 601 g/mol. The molecule has 2 heterocycles. The summed E-state index contributed by atoms with van der Waals surface area (Å²) in [5.74, 6) is 1.42. The quantitative estimate of drug-likeness (QED) is 0.295. The van der Waals surface area contributed by atoms with Crippen LogP contribution < -0.4 is 33.8 Å². The lowest BCUT2D eigenvalue weighted by molar-refractivity contribution is -0.136. The summed E-state index contributed by atoms with van der Waals surface area (Å²) in [5, 5.41) is 0.368. The molecule has 0 aliphatic carbocycles. The number of esters is 1. The molecule has 3 aromatic rings. The summed E-state index contributed by atoms with van der Waals surface area (Å²) in [5.41, 5.74) is 1.20. The van der Waals surface area contributed by atoms with E-state index in [4.69, 9.17) is 35.3 Å². The van der Waals surface area contributed by atoms with Gasteiger partial charge in [0, 0.05) is 6.20 Å². The van der Waals surface area contributed by atoms with E-state index in [2.05, 4.69) is 4.99 Å². The molecule has 0 amide bonds. The highest BCUT2D eigenvalue weighted by molar-refractivity contribution is 7.07. The molecule has 0 saturated heterocycles. The van der Waals surface area contributed by atoms with Crippen molar-refractivity contribution in [2.24, 2.45) is 4.99 Å². The van der Waals surface area contributed by atoms with Gasteiger partial charge in [0.1, 0.15) is 0 Å². The smallest absolute Gasteiger partial charge is 0.337 e. The van der Waals surface area contributed by atoms with E-state index in [-0.39, 0.29) is 17.2 Å². The normalized spacial score (nSPS) is 14.7. The van der Waals surface area contributed by atoms with Gasteiger partial charge in [-0.2, -0.15) is 0 Å². The van der Waals surface area contributed by atoms with Crippen molar-refractivity contribution in [1.29, 1.82) is 0 Å².